The Morgan fingerprint density at radius 1 is 1.05 bits per heavy atom. The van der Waals surface area contributed by atoms with E-state index in [1.54, 1.807) is 23.1 Å². The zero-order valence-corrected chi connectivity index (χ0v) is 26.1. The van der Waals surface area contributed by atoms with Crippen molar-refractivity contribution in [3.63, 3.8) is 0 Å². The van der Waals surface area contributed by atoms with E-state index in [1.165, 1.54) is 0 Å². The van der Waals surface area contributed by atoms with Crippen molar-refractivity contribution in [2.24, 2.45) is 0 Å². The summed E-state index contributed by atoms with van der Waals surface area (Å²) in [5, 5.41) is 14.4. The van der Waals surface area contributed by atoms with Crippen molar-refractivity contribution in [2.75, 3.05) is 82.8 Å². The maximum Gasteiger partial charge on any atom is 0.273 e. The summed E-state index contributed by atoms with van der Waals surface area (Å²) in [6, 6.07) is 7.52. The maximum absolute atomic E-state index is 13.6. The van der Waals surface area contributed by atoms with Crippen LogP contribution in [-0.4, -0.2) is 120 Å². The van der Waals surface area contributed by atoms with Gasteiger partial charge in [0, 0.05) is 63.8 Å². The first kappa shape index (κ1) is 31.4. The third-order valence-electron chi connectivity index (χ3n) is 7.71. The molecule has 13 heteroatoms. The number of likely N-dealkylation sites (N-methyl/N-ethyl adjacent to an activating group) is 1. The van der Waals surface area contributed by atoms with Gasteiger partial charge < -0.3 is 29.9 Å². The third kappa shape index (κ3) is 8.10. The average Bonchev–Trinajstić information content (AvgIpc) is 3.51. The summed E-state index contributed by atoms with van der Waals surface area (Å²) in [6.07, 6.45) is 3.89. The summed E-state index contributed by atoms with van der Waals surface area (Å²) in [7, 11) is 2.10. The largest absolute Gasteiger partial charge is 0.490 e. The molecule has 44 heavy (non-hydrogen) atoms. The Labute approximate surface area is 258 Å². The molecule has 1 aromatic carbocycles. The van der Waals surface area contributed by atoms with E-state index in [9.17, 15) is 9.59 Å². The molecule has 0 saturated carbocycles. The van der Waals surface area contributed by atoms with Crippen LogP contribution in [0.15, 0.2) is 36.7 Å². The number of amides is 2. The van der Waals surface area contributed by atoms with Crippen LogP contribution in [0.1, 0.15) is 46.8 Å². The third-order valence-corrected chi connectivity index (χ3v) is 7.71. The molecule has 0 unspecified atom stereocenters. The van der Waals surface area contributed by atoms with Crippen LogP contribution < -0.4 is 20.3 Å². The van der Waals surface area contributed by atoms with E-state index < -0.39 is 0 Å². The van der Waals surface area contributed by atoms with Crippen LogP contribution in [-0.2, 0) is 4.74 Å². The van der Waals surface area contributed by atoms with Crippen LogP contribution >= 0.6 is 0 Å². The summed E-state index contributed by atoms with van der Waals surface area (Å²) in [5.74, 6) is -0.110. The highest BCUT2D eigenvalue weighted by atomic mass is 16.5. The van der Waals surface area contributed by atoms with E-state index in [0.717, 1.165) is 76.8 Å². The number of aromatic nitrogens is 4. The van der Waals surface area contributed by atoms with Gasteiger partial charge in [0.2, 0.25) is 0 Å². The predicted octanol–water partition coefficient (Wildman–Crippen LogP) is 2.21. The molecule has 13 nitrogen and oxygen atoms in total. The second kappa shape index (κ2) is 14.6. The minimum atomic E-state index is -0.323. The Kier molecular flexibility index (Phi) is 10.4. The standard InChI is InChI=1S/C31H43N9O4/c1-22(2)44-29-18-23(3)33-20-25(29)30(41)34-26-19-24(6-7-28(26)39-12-10-37(4)11-13-39)40-21-27(35-36-40)31(42)32-8-5-9-38-14-16-43-17-15-38/h6-7,18-22H,5,8-17H2,1-4H3,(H,32,42)(H,34,41). The molecule has 0 radical (unpaired) electrons. The number of rotatable bonds is 11. The van der Waals surface area contributed by atoms with E-state index in [1.807, 2.05) is 39.0 Å². The van der Waals surface area contributed by atoms with E-state index in [-0.39, 0.29) is 23.6 Å². The molecule has 0 aliphatic carbocycles. The fourth-order valence-electron chi connectivity index (χ4n) is 5.25. The molecule has 2 N–H and O–H groups in total. The number of pyridine rings is 1. The van der Waals surface area contributed by atoms with Gasteiger partial charge in [0.1, 0.15) is 11.3 Å². The number of nitrogens with one attached hydrogen (secondary N) is 2. The molecule has 4 heterocycles. The zero-order valence-electron chi connectivity index (χ0n) is 26.1. The number of morpholine rings is 1. The monoisotopic (exact) mass is 605 g/mol. The molecule has 2 amide bonds. The van der Waals surface area contributed by atoms with Crippen LogP contribution in [0, 0.1) is 6.92 Å². The number of hydrogen-bond donors (Lipinski definition) is 2. The van der Waals surface area contributed by atoms with E-state index in [4.69, 9.17) is 9.47 Å². The van der Waals surface area contributed by atoms with Gasteiger partial charge in [-0.1, -0.05) is 5.21 Å². The summed E-state index contributed by atoms with van der Waals surface area (Å²) in [5.41, 5.74) is 3.54. The number of hydrogen-bond acceptors (Lipinski definition) is 10. The smallest absolute Gasteiger partial charge is 0.273 e. The average molecular weight is 606 g/mol. The SMILES string of the molecule is Cc1cc(OC(C)C)c(C(=O)Nc2cc(-n3cc(C(=O)NCCCN4CCOCC4)nn3)ccc2N2CCN(C)CC2)cn1. The minimum Gasteiger partial charge on any atom is -0.490 e. The highest BCUT2D eigenvalue weighted by Crippen LogP contribution is 2.31. The molecule has 5 rings (SSSR count). The number of aryl methyl sites for hydroxylation is 1. The van der Waals surface area contributed by atoms with Gasteiger partial charge in [0.15, 0.2) is 5.69 Å². The van der Waals surface area contributed by atoms with Gasteiger partial charge in [0.25, 0.3) is 11.8 Å². The Balaban J connectivity index is 1.32. The summed E-state index contributed by atoms with van der Waals surface area (Å²) >= 11 is 0. The fraction of sp³-hybridized carbons (Fsp3) is 0.516. The van der Waals surface area contributed by atoms with Crippen molar-refractivity contribution < 1.29 is 19.1 Å². The van der Waals surface area contributed by atoms with Crippen molar-refractivity contribution in [3.8, 4) is 11.4 Å². The van der Waals surface area contributed by atoms with Crippen molar-refractivity contribution in [1.29, 1.82) is 0 Å². The van der Waals surface area contributed by atoms with Gasteiger partial charge in [-0.3, -0.25) is 19.5 Å². The number of carbonyl (C=O) groups is 2. The molecule has 2 aromatic heterocycles. The summed E-state index contributed by atoms with van der Waals surface area (Å²) in [4.78, 5) is 37.6. The predicted molar refractivity (Wildman–Crippen MR) is 168 cm³/mol. The van der Waals surface area contributed by atoms with Crippen LogP contribution in [0.5, 0.6) is 5.75 Å². The topological polar surface area (TPSA) is 130 Å². The summed E-state index contributed by atoms with van der Waals surface area (Å²) in [6.45, 7) is 14.0. The summed E-state index contributed by atoms with van der Waals surface area (Å²) < 4.78 is 12.9. The second-order valence-corrected chi connectivity index (χ2v) is 11.5. The molecule has 2 fully saturated rings. The fourth-order valence-corrected chi connectivity index (χ4v) is 5.25. The molecule has 236 valence electrons. The number of nitrogens with zero attached hydrogens (tertiary/aromatic N) is 7. The molecule has 2 aliphatic heterocycles. The molecular formula is C31H43N9O4. The van der Waals surface area contributed by atoms with Gasteiger partial charge >= 0.3 is 0 Å². The first-order chi connectivity index (χ1) is 21.3. The van der Waals surface area contributed by atoms with Gasteiger partial charge in [-0.25, -0.2) is 4.68 Å². The number of carbonyl (C=O) groups excluding carboxylic acids is 2. The molecule has 2 aliphatic rings. The van der Waals surface area contributed by atoms with Crippen LogP contribution in [0.3, 0.4) is 0 Å². The highest BCUT2D eigenvalue weighted by molar-refractivity contribution is 6.07. The number of ether oxygens (including phenoxy) is 2. The Morgan fingerprint density at radius 2 is 1.82 bits per heavy atom. The van der Waals surface area contributed by atoms with Crippen molar-refractivity contribution in [2.45, 2.75) is 33.3 Å². The van der Waals surface area contributed by atoms with Crippen LogP contribution in [0.2, 0.25) is 0 Å². The van der Waals surface area contributed by atoms with Crippen LogP contribution in [0.25, 0.3) is 5.69 Å². The van der Waals surface area contributed by atoms with E-state index >= 15 is 0 Å². The Bertz CT molecular complexity index is 1430. The minimum absolute atomic E-state index is 0.101. The lowest BCUT2D eigenvalue weighted by molar-refractivity contribution is 0.0374. The Morgan fingerprint density at radius 3 is 2.57 bits per heavy atom. The number of piperazine rings is 1. The van der Waals surface area contributed by atoms with Crippen molar-refractivity contribution >= 4 is 23.2 Å². The van der Waals surface area contributed by atoms with Crippen molar-refractivity contribution in [1.82, 2.24) is 35.1 Å². The normalized spacial score (nSPS) is 16.2. The van der Waals surface area contributed by atoms with Crippen molar-refractivity contribution in [3.05, 3.63) is 53.6 Å². The second-order valence-electron chi connectivity index (χ2n) is 11.5. The molecule has 2 saturated heterocycles. The van der Waals surface area contributed by atoms with Gasteiger partial charge in [0.05, 0.1) is 42.6 Å². The van der Waals surface area contributed by atoms with Gasteiger partial charge in [-0.2, -0.15) is 0 Å². The van der Waals surface area contributed by atoms with E-state index in [2.05, 4.69) is 47.7 Å². The maximum atomic E-state index is 13.6. The Hall–Kier alpha value is -4.07. The lowest BCUT2D eigenvalue weighted by atomic mass is 10.1. The molecular weight excluding hydrogens is 562 g/mol. The quantitative estimate of drug-likeness (QED) is 0.314. The molecule has 3 aromatic rings. The van der Waals surface area contributed by atoms with Gasteiger partial charge in [-0.05, 0) is 59.0 Å². The zero-order chi connectivity index (χ0) is 31.1. The first-order valence-corrected chi connectivity index (χ1v) is 15.3. The lowest BCUT2D eigenvalue weighted by Crippen LogP contribution is -2.44. The van der Waals surface area contributed by atoms with E-state index in [0.29, 0.717) is 29.2 Å². The van der Waals surface area contributed by atoms with Gasteiger partial charge in [-0.15, -0.1) is 5.10 Å². The molecule has 0 spiro atoms. The lowest BCUT2D eigenvalue weighted by Gasteiger charge is -2.35. The molecule has 0 atom stereocenters. The first-order valence-electron chi connectivity index (χ1n) is 15.3. The molecule has 0 bridgehead atoms. The highest BCUT2D eigenvalue weighted by Gasteiger charge is 2.22. The van der Waals surface area contributed by atoms with Crippen LogP contribution in [0.4, 0.5) is 11.4 Å². The number of benzene rings is 1. The number of anilines is 2.